The van der Waals surface area contributed by atoms with Crippen LogP contribution in [0.25, 0.3) is 5.57 Å². The number of halogens is 1. The third-order valence-electron chi connectivity index (χ3n) is 5.36. The van der Waals surface area contributed by atoms with E-state index in [1.165, 1.54) is 25.3 Å². The van der Waals surface area contributed by atoms with Crippen molar-refractivity contribution in [3.8, 4) is 5.75 Å². The Kier molecular flexibility index (Phi) is 11.3. The zero-order valence-electron chi connectivity index (χ0n) is 20.7. The average molecular weight is 429 g/mol. The molecule has 3 rings (SSSR count). The van der Waals surface area contributed by atoms with Crippen molar-refractivity contribution in [2.24, 2.45) is 17.8 Å². The van der Waals surface area contributed by atoms with E-state index in [1.54, 1.807) is 14.0 Å². The van der Waals surface area contributed by atoms with E-state index in [1.807, 2.05) is 31.2 Å². The minimum Gasteiger partial charge on any atom is -0.497 e. The second-order valence-corrected chi connectivity index (χ2v) is 8.74. The van der Waals surface area contributed by atoms with E-state index in [9.17, 15) is 4.39 Å². The monoisotopic (exact) mass is 428 g/mol. The summed E-state index contributed by atoms with van der Waals surface area (Å²) in [5.41, 5.74) is 2.59. The van der Waals surface area contributed by atoms with Gasteiger partial charge in [0.15, 0.2) is 0 Å². The van der Waals surface area contributed by atoms with Gasteiger partial charge in [-0.25, -0.2) is 9.37 Å². The largest absolute Gasteiger partial charge is 0.497 e. The minimum atomic E-state index is -0.334. The number of allylic oxidation sites excluding steroid dienone is 1. The Balaban J connectivity index is 0.000000361. The van der Waals surface area contributed by atoms with Crippen molar-refractivity contribution in [2.75, 3.05) is 12.4 Å². The summed E-state index contributed by atoms with van der Waals surface area (Å²) in [6.45, 7) is 18.6. The van der Waals surface area contributed by atoms with E-state index in [2.05, 4.69) is 51.5 Å². The van der Waals surface area contributed by atoms with Crippen LogP contribution in [0.5, 0.6) is 5.75 Å². The van der Waals surface area contributed by atoms with Crippen LogP contribution in [0.2, 0.25) is 0 Å². The molecule has 1 heterocycles. The minimum absolute atomic E-state index is 0.334. The van der Waals surface area contributed by atoms with Crippen LogP contribution in [-0.4, -0.2) is 12.1 Å². The Hall–Kier alpha value is -2.36. The Bertz CT molecular complexity index is 826. The second-order valence-electron chi connectivity index (χ2n) is 8.74. The molecular formula is C27H41FN2O. The molecule has 1 aromatic heterocycles. The lowest BCUT2D eigenvalue weighted by Gasteiger charge is -2.13. The number of anilines is 2. The zero-order chi connectivity index (χ0) is 23.6. The maximum atomic E-state index is 13.6. The number of nitrogens with zero attached hydrogens (tertiary/aromatic N) is 1. The summed E-state index contributed by atoms with van der Waals surface area (Å²) in [6.07, 6.45) is 4.25. The highest BCUT2D eigenvalue weighted by Crippen LogP contribution is 2.39. The third-order valence-corrected chi connectivity index (χ3v) is 5.36. The lowest BCUT2D eigenvalue weighted by atomic mass is 9.93. The van der Waals surface area contributed by atoms with E-state index in [4.69, 9.17) is 4.74 Å². The molecule has 1 saturated carbocycles. The van der Waals surface area contributed by atoms with E-state index >= 15 is 0 Å². The van der Waals surface area contributed by atoms with Gasteiger partial charge in [0.1, 0.15) is 17.4 Å². The number of aryl methyl sites for hydroxylation is 1. The molecule has 1 unspecified atom stereocenters. The molecule has 2 aromatic rings. The summed E-state index contributed by atoms with van der Waals surface area (Å²) in [5.74, 6) is 3.97. The van der Waals surface area contributed by atoms with Gasteiger partial charge in [-0.15, -0.1) is 0 Å². The summed E-state index contributed by atoms with van der Waals surface area (Å²) in [7, 11) is 1.61. The molecule has 0 radical (unpaired) electrons. The number of hydrogen-bond donors (Lipinski definition) is 1. The van der Waals surface area contributed by atoms with Crippen molar-refractivity contribution in [2.45, 2.75) is 67.7 Å². The van der Waals surface area contributed by atoms with Crippen molar-refractivity contribution in [1.29, 1.82) is 0 Å². The van der Waals surface area contributed by atoms with Crippen LogP contribution in [0.1, 0.15) is 72.1 Å². The quantitative estimate of drug-likeness (QED) is 0.501. The van der Waals surface area contributed by atoms with E-state index in [0.29, 0.717) is 17.1 Å². The van der Waals surface area contributed by atoms with Crippen LogP contribution < -0.4 is 10.1 Å². The van der Waals surface area contributed by atoms with Gasteiger partial charge in [-0.3, -0.25) is 0 Å². The lowest BCUT2D eigenvalue weighted by molar-refractivity contribution is 0.372. The molecule has 172 valence electrons. The first-order valence-corrected chi connectivity index (χ1v) is 11.4. The van der Waals surface area contributed by atoms with Gasteiger partial charge in [0.2, 0.25) is 0 Å². The number of ether oxygens (including phenoxy) is 1. The topological polar surface area (TPSA) is 34.2 Å². The molecule has 1 aromatic carbocycles. The molecule has 1 atom stereocenters. The first kappa shape index (κ1) is 26.7. The predicted octanol–water partition coefficient (Wildman–Crippen LogP) is 8.42. The van der Waals surface area contributed by atoms with Gasteiger partial charge in [-0.2, -0.15) is 0 Å². The summed E-state index contributed by atoms with van der Waals surface area (Å²) in [4.78, 5) is 4.26. The molecule has 1 aliphatic rings. The molecule has 1 aliphatic carbocycles. The van der Waals surface area contributed by atoms with Crippen LogP contribution in [0.15, 0.2) is 36.9 Å². The summed E-state index contributed by atoms with van der Waals surface area (Å²) in [5, 5.41) is 3.18. The molecule has 1 fully saturated rings. The number of rotatable bonds is 6. The highest BCUT2D eigenvalue weighted by atomic mass is 19.1. The van der Waals surface area contributed by atoms with Gasteiger partial charge in [-0.1, -0.05) is 53.7 Å². The van der Waals surface area contributed by atoms with Crippen molar-refractivity contribution >= 4 is 17.1 Å². The normalized spacial score (nSPS) is 13.4. The summed E-state index contributed by atoms with van der Waals surface area (Å²) < 4.78 is 18.8. The average Bonchev–Trinajstić information content (AvgIpc) is 3.56. The molecule has 31 heavy (non-hydrogen) atoms. The fourth-order valence-corrected chi connectivity index (χ4v) is 3.01. The standard InChI is InChI=1S/C16H17FN2O.C8H16.C3H8/c1-10(2)14-9-15(17)11(3)18-16(14)19-12-6-5-7-13(8-12)20-4;1-6(2)7(3)8-4-5-8;1-3-2/h5-9H,1H2,2-4H3,(H,18,19);6-8H,4-5H2,1-3H3;3H2,1-2H3. The number of aromatic nitrogens is 1. The Morgan fingerprint density at radius 1 is 1.23 bits per heavy atom. The Morgan fingerprint density at radius 3 is 2.29 bits per heavy atom. The number of nitrogens with one attached hydrogen (secondary N) is 1. The SMILES string of the molecule is C=C(C)c1cc(F)c(C)nc1Nc1cccc(OC)c1.CC(C)C(C)C1CC1.CCC. The highest BCUT2D eigenvalue weighted by molar-refractivity contribution is 5.75. The molecule has 0 aliphatic heterocycles. The van der Waals surface area contributed by atoms with Gasteiger partial charge < -0.3 is 10.1 Å². The van der Waals surface area contributed by atoms with Crippen LogP contribution in [0.3, 0.4) is 0 Å². The molecule has 0 bridgehead atoms. The van der Waals surface area contributed by atoms with Gasteiger partial charge in [-0.05, 0) is 68.2 Å². The number of hydrogen-bond acceptors (Lipinski definition) is 3. The zero-order valence-corrected chi connectivity index (χ0v) is 20.7. The third kappa shape index (κ3) is 9.12. The fourth-order valence-electron chi connectivity index (χ4n) is 3.01. The smallest absolute Gasteiger partial charge is 0.145 e. The fraction of sp³-hybridized carbons (Fsp3) is 0.519. The van der Waals surface area contributed by atoms with Gasteiger partial charge in [0, 0.05) is 17.3 Å². The van der Waals surface area contributed by atoms with E-state index in [0.717, 1.165) is 34.8 Å². The number of pyridine rings is 1. The van der Waals surface area contributed by atoms with Crippen molar-refractivity contribution in [3.05, 3.63) is 54.0 Å². The maximum absolute atomic E-state index is 13.6. The summed E-state index contributed by atoms with van der Waals surface area (Å²) in [6, 6.07) is 8.92. The van der Waals surface area contributed by atoms with Crippen molar-refractivity contribution < 1.29 is 9.13 Å². The van der Waals surface area contributed by atoms with E-state index < -0.39 is 0 Å². The molecular weight excluding hydrogens is 387 g/mol. The van der Waals surface area contributed by atoms with Crippen LogP contribution >= 0.6 is 0 Å². The molecule has 1 N–H and O–H groups in total. The van der Waals surface area contributed by atoms with Crippen LogP contribution in [0.4, 0.5) is 15.9 Å². The molecule has 0 saturated heterocycles. The second kappa shape index (κ2) is 13.1. The van der Waals surface area contributed by atoms with Crippen molar-refractivity contribution in [3.63, 3.8) is 0 Å². The summed E-state index contributed by atoms with van der Waals surface area (Å²) >= 11 is 0. The maximum Gasteiger partial charge on any atom is 0.145 e. The number of benzene rings is 1. The van der Waals surface area contributed by atoms with Gasteiger partial charge in [0.25, 0.3) is 0 Å². The van der Waals surface area contributed by atoms with Gasteiger partial charge >= 0.3 is 0 Å². The van der Waals surface area contributed by atoms with Crippen molar-refractivity contribution in [1.82, 2.24) is 4.98 Å². The van der Waals surface area contributed by atoms with E-state index in [-0.39, 0.29) is 5.82 Å². The molecule has 0 amide bonds. The predicted molar refractivity (Wildman–Crippen MR) is 133 cm³/mol. The van der Waals surface area contributed by atoms with Crippen LogP contribution in [-0.2, 0) is 0 Å². The molecule has 3 nitrogen and oxygen atoms in total. The Morgan fingerprint density at radius 2 is 1.84 bits per heavy atom. The number of methoxy groups -OCH3 is 1. The van der Waals surface area contributed by atoms with Gasteiger partial charge in [0.05, 0.1) is 12.8 Å². The first-order valence-electron chi connectivity index (χ1n) is 11.4. The van der Waals surface area contributed by atoms with Crippen LogP contribution in [0, 0.1) is 30.5 Å². The molecule has 4 heteroatoms. The molecule has 0 spiro atoms. The first-order chi connectivity index (χ1) is 14.6. The highest BCUT2D eigenvalue weighted by Gasteiger charge is 2.29. The Labute approximate surface area is 189 Å². The lowest BCUT2D eigenvalue weighted by Crippen LogP contribution is -2.04.